The topological polar surface area (TPSA) is 81.5 Å². The molecule has 0 saturated heterocycles. The van der Waals surface area contributed by atoms with Crippen LogP contribution in [0.1, 0.15) is 35.6 Å². The Bertz CT molecular complexity index is 1350. The van der Waals surface area contributed by atoms with E-state index < -0.39 is 6.09 Å². The number of rotatable bonds is 2. The minimum atomic E-state index is -0.483. The monoisotopic (exact) mass is 412 g/mol. The Hall–Kier alpha value is -3.87. The predicted octanol–water partition coefficient (Wildman–Crippen LogP) is 2.70. The maximum absolute atomic E-state index is 11.5. The fraction of sp³-hybridized carbons (Fsp3) is 0.208. The Morgan fingerprint density at radius 1 is 1.19 bits per heavy atom. The van der Waals surface area contributed by atoms with E-state index in [0.29, 0.717) is 11.7 Å². The molecule has 0 fully saturated rings. The molecule has 6 rings (SSSR count). The van der Waals surface area contributed by atoms with Gasteiger partial charge in [-0.1, -0.05) is 30.3 Å². The average molecular weight is 412 g/mol. The molecule has 7 heteroatoms. The van der Waals surface area contributed by atoms with Crippen LogP contribution in [0.5, 0.6) is 0 Å². The van der Waals surface area contributed by atoms with Crippen molar-refractivity contribution in [1.82, 2.24) is 4.98 Å². The molecule has 3 aliphatic rings. The van der Waals surface area contributed by atoms with Crippen LogP contribution in [0.15, 0.2) is 59.7 Å². The summed E-state index contributed by atoms with van der Waals surface area (Å²) in [5.74, 6) is 1.02. The highest BCUT2D eigenvalue weighted by molar-refractivity contribution is 5.84. The van der Waals surface area contributed by atoms with Crippen LogP contribution in [-0.2, 0) is 4.74 Å². The number of fused-ring (bicyclic) bond motifs is 2. The lowest BCUT2D eigenvalue weighted by Crippen LogP contribution is -2.40. The molecule has 2 atom stereocenters. The van der Waals surface area contributed by atoms with Crippen LogP contribution in [0.3, 0.4) is 0 Å². The first-order valence-corrected chi connectivity index (χ1v) is 10.4. The Balaban J connectivity index is 1.52. The van der Waals surface area contributed by atoms with Gasteiger partial charge in [-0.25, -0.2) is 4.79 Å². The van der Waals surface area contributed by atoms with E-state index in [2.05, 4.69) is 55.8 Å². The number of hydrogen-bond acceptors (Lipinski definition) is 4. The molecule has 4 heterocycles. The van der Waals surface area contributed by atoms with Gasteiger partial charge >= 0.3 is 6.09 Å². The molecule has 0 radical (unpaired) electrons. The number of nitrogens with one attached hydrogen (secondary N) is 3. The normalized spacial score (nSPS) is 20.3. The van der Waals surface area contributed by atoms with E-state index in [1.54, 1.807) is 0 Å². The fourth-order valence-electron chi connectivity index (χ4n) is 4.68. The lowest BCUT2D eigenvalue weighted by Gasteiger charge is -2.17. The molecule has 2 unspecified atom stereocenters. The number of hydrazone groups is 1. The number of carbonyl (C=O) groups is 1. The molecule has 0 saturated carbocycles. The summed E-state index contributed by atoms with van der Waals surface area (Å²) < 4.78 is 6.89. The number of aromatic nitrogens is 1. The second kappa shape index (κ2) is 6.84. The number of amides is 1. The fourth-order valence-corrected chi connectivity index (χ4v) is 4.68. The number of methoxy groups -OCH3 is 1. The highest BCUT2D eigenvalue weighted by atomic mass is 16.5. The van der Waals surface area contributed by atoms with Gasteiger partial charge in [0.1, 0.15) is 6.04 Å². The van der Waals surface area contributed by atoms with Crippen LogP contribution in [0.25, 0.3) is 5.57 Å². The maximum Gasteiger partial charge on any atom is 0.411 e. The minimum Gasteiger partial charge on any atom is -0.453 e. The molecular weight excluding hydrogens is 390 g/mol. The summed E-state index contributed by atoms with van der Waals surface area (Å²) in [6.45, 7) is 0. The Morgan fingerprint density at radius 2 is 2.03 bits per heavy atom. The summed E-state index contributed by atoms with van der Waals surface area (Å²) in [6, 6.07) is 16.5. The number of nitrogens with zero attached hydrogens (tertiary/aromatic N) is 2. The second-order valence-corrected chi connectivity index (χ2v) is 8.06. The van der Waals surface area contributed by atoms with Crippen LogP contribution < -0.4 is 21.3 Å². The highest BCUT2D eigenvalue weighted by Gasteiger charge is 2.39. The molecule has 3 N–H and O–H groups in total. The van der Waals surface area contributed by atoms with E-state index in [4.69, 9.17) is 4.99 Å². The largest absolute Gasteiger partial charge is 0.453 e. The Morgan fingerprint density at radius 3 is 2.81 bits per heavy atom. The van der Waals surface area contributed by atoms with Crippen molar-refractivity contribution in [3.63, 3.8) is 0 Å². The molecule has 31 heavy (non-hydrogen) atoms. The molecule has 1 amide bonds. The van der Waals surface area contributed by atoms with E-state index in [9.17, 15) is 4.79 Å². The third-order valence-electron chi connectivity index (χ3n) is 6.31. The molecule has 3 aromatic rings. The summed E-state index contributed by atoms with van der Waals surface area (Å²) in [5, 5.41) is 4.91. The number of H-pyrrole nitrogens is 1. The highest BCUT2D eigenvalue weighted by Crippen LogP contribution is 2.40. The van der Waals surface area contributed by atoms with E-state index in [-0.39, 0.29) is 6.04 Å². The lowest BCUT2D eigenvalue weighted by molar-refractivity contribution is -0.556. The predicted molar refractivity (Wildman–Crippen MR) is 118 cm³/mol. The van der Waals surface area contributed by atoms with Gasteiger partial charge in [-0.05, 0) is 29.3 Å². The number of carbonyl (C=O) groups excluding carboxylic acids is 1. The van der Waals surface area contributed by atoms with Crippen LogP contribution >= 0.6 is 0 Å². The first-order valence-electron chi connectivity index (χ1n) is 10.4. The minimum absolute atomic E-state index is 0.151. The van der Waals surface area contributed by atoms with Gasteiger partial charge in [0.05, 0.1) is 18.9 Å². The van der Waals surface area contributed by atoms with Gasteiger partial charge in [0, 0.05) is 34.7 Å². The third kappa shape index (κ3) is 2.84. The summed E-state index contributed by atoms with van der Waals surface area (Å²) in [6.07, 6.45) is 5.84. The molecule has 3 aliphatic heterocycles. The van der Waals surface area contributed by atoms with Crippen LogP contribution in [0.4, 0.5) is 16.3 Å². The maximum atomic E-state index is 11.5. The van der Waals surface area contributed by atoms with Gasteiger partial charge in [-0.3, -0.25) is 10.3 Å². The molecular formula is C24H22N5O2+. The van der Waals surface area contributed by atoms with Gasteiger partial charge in [0.25, 0.3) is 0 Å². The number of para-hydroxylation sites is 1. The number of benzene rings is 2. The summed E-state index contributed by atoms with van der Waals surface area (Å²) >= 11 is 0. The number of hydrogen-bond donors (Lipinski definition) is 3. The number of aromatic amines is 1. The number of anilines is 2. The molecule has 1 aromatic heterocycles. The van der Waals surface area contributed by atoms with Gasteiger partial charge in [0.2, 0.25) is 0 Å². The van der Waals surface area contributed by atoms with E-state index in [1.807, 2.05) is 30.3 Å². The standard InChI is InChI=1S/C24H21N5O2/c1-31-24(30)26-15-8-6-14(7-9-15)22-19-13-25-23-21(19)18(12-16-10-11-29(16)28-23)17-4-2-3-5-20(17)27-22/h2-9,11,13,16,22H,10,12H2,1H3,(H2-,25,26,27,28,30)/p+1. The molecule has 2 aromatic carbocycles. The first-order chi connectivity index (χ1) is 15.2. The zero-order chi connectivity index (χ0) is 20.9. The lowest BCUT2D eigenvalue weighted by atomic mass is 9.90. The van der Waals surface area contributed by atoms with Crippen molar-refractivity contribution in [2.24, 2.45) is 4.99 Å². The van der Waals surface area contributed by atoms with Crippen molar-refractivity contribution >= 4 is 29.4 Å². The van der Waals surface area contributed by atoms with Gasteiger partial charge < -0.3 is 9.72 Å². The van der Waals surface area contributed by atoms with Crippen molar-refractivity contribution < 1.29 is 14.2 Å². The van der Waals surface area contributed by atoms with Crippen molar-refractivity contribution in [3.05, 3.63) is 82.0 Å². The van der Waals surface area contributed by atoms with Crippen LogP contribution in [-0.4, -0.2) is 35.1 Å². The van der Waals surface area contributed by atoms with E-state index in [1.165, 1.54) is 23.5 Å². The van der Waals surface area contributed by atoms with Gasteiger partial charge in [0.15, 0.2) is 18.1 Å². The molecule has 7 nitrogen and oxygen atoms in total. The zero-order valence-electron chi connectivity index (χ0n) is 17.1. The third-order valence-corrected chi connectivity index (χ3v) is 6.31. The molecule has 154 valence electrons. The molecule has 0 spiro atoms. The van der Waals surface area contributed by atoms with Gasteiger partial charge in [-0.2, -0.15) is 0 Å². The van der Waals surface area contributed by atoms with Gasteiger partial charge in [-0.15, -0.1) is 10.1 Å². The Kier molecular flexibility index (Phi) is 3.96. The zero-order valence-corrected chi connectivity index (χ0v) is 17.1. The van der Waals surface area contributed by atoms with Crippen molar-refractivity contribution in [2.75, 3.05) is 17.9 Å². The van der Waals surface area contributed by atoms with E-state index >= 15 is 0 Å². The quantitative estimate of drug-likeness (QED) is 0.566. The molecule has 0 aliphatic carbocycles. The van der Waals surface area contributed by atoms with Crippen molar-refractivity contribution in [3.8, 4) is 0 Å². The SMILES string of the molecule is COC(=O)Nc1ccc(C2N=c3ccccc3=C3CC4CC=[N+]4Nc4[nH]cc2c43)cc1. The van der Waals surface area contributed by atoms with Crippen LogP contribution in [0.2, 0.25) is 0 Å². The van der Waals surface area contributed by atoms with Crippen LogP contribution in [0, 0.1) is 0 Å². The van der Waals surface area contributed by atoms with E-state index in [0.717, 1.165) is 35.1 Å². The Labute approximate surface area is 178 Å². The number of ether oxygens (including phenoxy) is 1. The number of hydrazine groups is 1. The van der Waals surface area contributed by atoms with Crippen molar-refractivity contribution in [1.29, 1.82) is 0 Å². The summed E-state index contributed by atoms with van der Waals surface area (Å²) in [4.78, 5) is 20.1. The summed E-state index contributed by atoms with van der Waals surface area (Å²) in [5.41, 5.74) is 9.01. The molecule has 0 bridgehead atoms. The van der Waals surface area contributed by atoms with Crippen molar-refractivity contribution in [2.45, 2.75) is 24.9 Å². The second-order valence-electron chi connectivity index (χ2n) is 8.06. The first kappa shape index (κ1) is 17.9. The average Bonchev–Trinajstić information content (AvgIpc) is 3.09. The smallest absolute Gasteiger partial charge is 0.411 e. The summed E-state index contributed by atoms with van der Waals surface area (Å²) in [7, 11) is 1.35.